The van der Waals surface area contributed by atoms with E-state index in [-0.39, 0.29) is 0 Å². The number of rotatable bonds is 5. The molecule has 4 heteroatoms. The van der Waals surface area contributed by atoms with E-state index in [0.29, 0.717) is 18.6 Å². The molecule has 0 amide bonds. The molecule has 1 aromatic carbocycles. The van der Waals surface area contributed by atoms with Crippen molar-refractivity contribution in [1.29, 1.82) is 0 Å². The molecule has 1 heterocycles. The SMILES string of the molecule is OCCC1CCC(Nc2cc(-c3cccc(Cl)c3)nc3c2CCC3)CC1. The van der Waals surface area contributed by atoms with Gasteiger partial charge < -0.3 is 10.4 Å². The van der Waals surface area contributed by atoms with Crippen molar-refractivity contribution >= 4 is 17.3 Å². The summed E-state index contributed by atoms with van der Waals surface area (Å²) < 4.78 is 0. The Labute approximate surface area is 160 Å². The number of aliphatic hydroxyl groups is 1. The van der Waals surface area contributed by atoms with Crippen LogP contribution in [0, 0.1) is 5.92 Å². The summed E-state index contributed by atoms with van der Waals surface area (Å²) in [5.74, 6) is 0.697. The number of aliphatic hydroxyl groups excluding tert-OH is 1. The summed E-state index contributed by atoms with van der Waals surface area (Å²) >= 11 is 6.19. The maximum absolute atomic E-state index is 9.15. The molecule has 0 atom stereocenters. The molecule has 0 saturated heterocycles. The summed E-state index contributed by atoms with van der Waals surface area (Å²) in [7, 11) is 0. The topological polar surface area (TPSA) is 45.1 Å². The minimum Gasteiger partial charge on any atom is -0.396 e. The van der Waals surface area contributed by atoms with E-state index in [4.69, 9.17) is 21.7 Å². The van der Waals surface area contributed by atoms with Crippen LogP contribution in [0.1, 0.15) is 49.8 Å². The maximum Gasteiger partial charge on any atom is 0.0726 e. The number of aromatic nitrogens is 1. The Kier molecular flexibility index (Phi) is 5.46. The van der Waals surface area contributed by atoms with E-state index in [1.54, 1.807) is 0 Å². The lowest BCUT2D eigenvalue weighted by Crippen LogP contribution is -2.27. The Morgan fingerprint density at radius 1 is 1.12 bits per heavy atom. The lowest BCUT2D eigenvalue weighted by molar-refractivity contribution is 0.225. The number of anilines is 1. The van der Waals surface area contributed by atoms with Crippen molar-refractivity contribution in [2.24, 2.45) is 5.92 Å². The fraction of sp³-hybridized carbons (Fsp3) is 0.500. The second-order valence-corrected chi connectivity index (χ2v) is 8.15. The third kappa shape index (κ3) is 3.89. The van der Waals surface area contributed by atoms with Gasteiger partial charge in [0.1, 0.15) is 0 Å². The van der Waals surface area contributed by atoms with E-state index in [0.717, 1.165) is 35.5 Å². The third-order valence-electron chi connectivity index (χ3n) is 5.91. The van der Waals surface area contributed by atoms with Crippen LogP contribution < -0.4 is 5.32 Å². The highest BCUT2D eigenvalue weighted by Gasteiger charge is 2.24. The molecule has 0 radical (unpaired) electrons. The van der Waals surface area contributed by atoms with Crippen LogP contribution in [0.3, 0.4) is 0 Å². The molecular weight excluding hydrogens is 344 g/mol. The van der Waals surface area contributed by atoms with Crippen molar-refractivity contribution in [2.75, 3.05) is 11.9 Å². The van der Waals surface area contributed by atoms with Gasteiger partial charge in [0, 0.05) is 34.6 Å². The Morgan fingerprint density at radius 2 is 1.96 bits per heavy atom. The zero-order chi connectivity index (χ0) is 17.9. The standard InChI is InChI=1S/C22H27ClN2O/c23-17-4-1-3-16(13-17)21-14-22(19-5-2-6-20(19)25-21)24-18-9-7-15(8-10-18)11-12-26/h1,3-4,13-15,18,26H,2,5-12H2,(H,24,25). The van der Waals surface area contributed by atoms with E-state index in [1.165, 1.54) is 49.0 Å². The summed E-state index contributed by atoms with van der Waals surface area (Å²) in [5.41, 5.74) is 6.03. The number of nitrogens with zero attached hydrogens (tertiary/aromatic N) is 1. The molecule has 4 rings (SSSR count). The highest BCUT2D eigenvalue weighted by Crippen LogP contribution is 2.35. The summed E-state index contributed by atoms with van der Waals surface area (Å²) in [6, 6.07) is 10.7. The molecule has 2 N–H and O–H groups in total. The Morgan fingerprint density at radius 3 is 2.73 bits per heavy atom. The zero-order valence-corrected chi connectivity index (χ0v) is 15.9. The molecule has 0 bridgehead atoms. The molecule has 26 heavy (non-hydrogen) atoms. The Balaban J connectivity index is 1.56. The first-order valence-electron chi connectivity index (χ1n) is 9.89. The van der Waals surface area contributed by atoms with E-state index < -0.39 is 0 Å². The first-order chi connectivity index (χ1) is 12.7. The number of halogens is 1. The summed E-state index contributed by atoms with van der Waals surface area (Å²) in [6.45, 7) is 0.323. The van der Waals surface area contributed by atoms with Crippen LogP contribution in [0.5, 0.6) is 0 Å². The number of nitrogens with one attached hydrogen (secondary N) is 1. The number of benzene rings is 1. The summed E-state index contributed by atoms with van der Waals surface area (Å²) in [4.78, 5) is 4.93. The number of aryl methyl sites for hydroxylation is 1. The summed E-state index contributed by atoms with van der Waals surface area (Å²) in [6.07, 6.45) is 9.15. The summed E-state index contributed by atoms with van der Waals surface area (Å²) in [5, 5.41) is 13.7. The van der Waals surface area contributed by atoms with Crippen LogP contribution in [0.2, 0.25) is 5.02 Å². The molecule has 2 aliphatic rings. The van der Waals surface area contributed by atoms with Gasteiger partial charge in [0.25, 0.3) is 0 Å². The number of hydrogen-bond donors (Lipinski definition) is 2. The van der Waals surface area contributed by atoms with Gasteiger partial charge in [-0.2, -0.15) is 0 Å². The third-order valence-corrected chi connectivity index (χ3v) is 6.15. The lowest BCUT2D eigenvalue weighted by Gasteiger charge is -2.30. The predicted molar refractivity (Wildman–Crippen MR) is 108 cm³/mol. The molecule has 1 fully saturated rings. The van der Waals surface area contributed by atoms with E-state index in [2.05, 4.69) is 17.4 Å². The molecule has 2 aromatic rings. The molecule has 3 nitrogen and oxygen atoms in total. The quantitative estimate of drug-likeness (QED) is 0.756. The first-order valence-corrected chi connectivity index (χ1v) is 10.3. The largest absolute Gasteiger partial charge is 0.396 e. The first kappa shape index (κ1) is 17.8. The maximum atomic E-state index is 9.15. The van der Waals surface area contributed by atoms with Crippen molar-refractivity contribution in [2.45, 2.75) is 57.4 Å². The van der Waals surface area contributed by atoms with Gasteiger partial charge in [0.15, 0.2) is 0 Å². The number of fused-ring (bicyclic) bond motifs is 1. The van der Waals surface area contributed by atoms with Gasteiger partial charge in [0.2, 0.25) is 0 Å². The van der Waals surface area contributed by atoms with Gasteiger partial charge in [-0.25, -0.2) is 0 Å². The second kappa shape index (κ2) is 7.98. The average Bonchev–Trinajstić information content (AvgIpc) is 3.12. The van der Waals surface area contributed by atoms with Crippen molar-refractivity contribution < 1.29 is 5.11 Å². The van der Waals surface area contributed by atoms with E-state index in [1.807, 2.05) is 18.2 Å². The number of hydrogen-bond acceptors (Lipinski definition) is 3. The second-order valence-electron chi connectivity index (χ2n) is 7.72. The minimum absolute atomic E-state index is 0.323. The monoisotopic (exact) mass is 370 g/mol. The average molecular weight is 371 g/mol. The smallest absolute Gasteiger partial charge is 0.0726 e. The van der Waals surface area contributed by atoms with Crippen LogP contribution in [0.15, 0.2) is 30.3 Å². The van der Waals surface area contributed by atoms with E-state index in [9.17, 15) is 0 Å². The van der Waals surface area contributed by atoms with Crippen molar-refractivity contribution in [3.63, 3.8) is 0 Å². The lowest BCUT2D eigenvalue weighted by atomic mass is 9.84. The van der Waals surface area contributed by atoms with Crippen molar-refractivity contribution in [3.05, 3.63) is 46.6 Å². The number of pyridine rings is 1. The van der Waals surface area contributed by atoms with Gasteiger partial charge in [-0.3, -0.25) is 4.98 Å². The fourth-order valence-corrected chi connectivity index (χ4v) is 4.66. The van der Waals surface area contributed by atoms with Gasteiger partial charge >= 0.3 is 0 Å². The molecule has 138 valence electrons. The van der Waals surface area contributed by atoms with Crippen molar-refractivity contribution in [3.8, 4) is 11.3 Å². The van der Waals surface area contributed by atoms with Gasteiger partial charge in [-0.05, 0) is 81.0 Å². The Bertz CT molecular complexity index is 769. The van der Waals surface area contributed by atoms with Crippen LogP contribution in [0.4, 0.5) is 5.69 Å². The molecule has 2 aliphatic carbocycles. The van der Waals surface area contributed by atoms with Gasteiger partial charge in [-0.15, -0.1) is 0 Å². The normalized spacial score (nSPS) is 22.2. The molecule has 0 aliphatic heterocycles. The molecule has 1 saturated carbocycles. The van der Waals surface area contributed by atoms with Crippen molar-refractivity contribution in [1.82, 2.24) is 4.98 Å². The van der Waals surface area contributed by atoms with Gasteiger partial charge in [-0.1, -0.05) is 23.7 Å². The predicted octanol–water partition coefficient (Wildman–Crippen LogP) is 5.24. The van der Waals surface area contributed by atoms with Crippen LogP contribution >= 0.6 is 11.6 Å². The molecule has 1 aromatic heterocycles. The van der Waals surface area contributed by atoms with Crippen LogP contribution in [0.25, 0.3) is 11.3 Å². The molecular formula is C22H27ClN2O. The Hall–Kier alpha value is -1.58. The minimum atomic E-state index is 0.323. The molecule has 0 unspecified atom stereocenters. The van der Waals surface area contributed by atoms with Gasteiger partial charge in [0.05, 0.1) is 5.69 Å². The van der Waals surface area contributed by atoms with E-state index >= 15 is 0 Å². The fourth-order valence-electron chi connectivity index (χ4n) is 4.47. The highest BCUT2D eigenvalue weighted by molar-refractivity contribution is 6.30. The van der Waals surface area contributed by atoms with Crippen LogP contribution in [-0.2, 0) is 12.8 Å². The highest BCUT2D eigenvalue weighted by atomic mass is 35.5. The van der Waals surface area contributed by atoms with Crippen LogP contribution in [-0.4, -0.2) is 22.7 Å². The zero-order valence-electron chi connectivity index (χ0n) is 15.2. The molecule has 0 spiro atoms.